The third kappa shape index (κ3) is 6.03. The maximum atomic E-state index is 5.64. The van der Waals surface area contributed by atoms with Gasteiger partial charge >= 0.3 is 0 Å². The van der Waals surface area contributed by atoms with Crippen LogP contribution >= 0.6 is 0 Å². The first kappa shape index (κ1) is 15.9. The zero-order valence-corrected chi connectivity index (χ0v) is 12.2. The second-order valence-electron chi connectivity index (χ2n) is 4.93. The summed E-state index contributed by atoms with van der Waals surface area (Å²) in [5, 5.41) is 0. The molecule has 0 aliphatic heterocycles. The lowest BCUT2D eigenvalue weighted by Crippen LogP contribution is -2.28. The molecule has 0 radical (unpaired) electrons. The molecule has 1 aromatic heterocycles. The van der Waals surface area contributed by atoms with Crippen LogP contribution in [0.3, 0.4) is 0 Å². The highest BCUT2D eigenvalue weighted by molar-refractivity contribution is 5.25. The van der Waals surface area contributed by atoms with E-state index in [1.54, 1.807) is 13.3 Å². The van der Waals surface area contributed by atoms with Crippen molar-refractivity contribution in [1.29, 1.82) is 0 Å². The normalized spacial score (nSPS) is 12.4. The number of unbranched alkanes of at least 4 members (excludes halogenated alkanes) is 5. The largest absolute Gasteiger partial charge is 0.495 e. The van der Waals surface area contributed by atoms with Crippen LogP contribution in [-0.2, 0) is 0 Å². The van der Waals surface area contributed by atoms with Crippen LogP contribution in [0.4, 0.5) is 0 Å². The highest BCUT2D eigenvalue weighted by Crippen LogP contribution is 2.22. The number of hydrogen-bond acceptors (Lipinski definition) is 4. The molecule has 1 rings (SSSR count). The molecule has 0 saturated carbocycles. The van der Waals surface area contributed by atoms with Gasteiger partial charge in [-0.1, -0.05) is 45.4 Å². The second kappa shape index (κ2) is 9.75. The molecule has 0 aromatic carbocycles. The van der Waals surface area contributed by atoms with Crippen molar-refractivity contribution in [2.45, 2.75) is 57.9 Å². The maximum absolute atomic E-state index is 5.64. The van der Waals surface area contributed by atoms with Gasteiger partial charge in [-0.05, 0) is 18.1 Å². The number of ether oxygens (including phenoxy) is 1. The molecule has 1 atom stereocenters. The molecule has 0 spiro atoms. The Morgan fingerprint density at radius 1 is 1.21 bits per heavy atom. The van der Waals surface area contributed by atoms with E-state index in [0.717, 1.165) is 17.7 Å². The van der Waals surface area contributed by atoms with E-state index < -0.39 is 0 Å². The van der Waals surface area contributed by atoms with Crippen molar-refractivity contribution in [2.75, 3.05) is 7.11 Å². The van der Waals surface area contributed by atoms with Gasteiger partial charge < -0.3 is 4.74 Å². The van der Waals surface area contributed by atoms with Crippen molar-refractivity contribution in [2.24, 2.45) is 5.84 Å². The maximum Gasteiger partial charge on any atom is 0.137 e. The summed E-state index contributed by atoms with van der Waals surface area (Å²) < 4.78 is 5.19. The number of nitrogens with one attached hydrogen (secondary N) is 1. The highest BCUT2D eigenvalue weighted by atomic mass is 16.5. The molecule has 1 unspecified atom stereocenters. The van der Waals surface area contributed by atoms with Crippen LogP contribution in [-0.4, -0.2) is 12.1 Å². The molecular weight excluding hydrogens is 238 g/mol. The molecule has 1 aromatic rings. The van der Waals surface area contributed by atoms with Gasteiger partial charge in [0, 0.05) is 12.2 Å². The first-order valence-electron chi connectivity index (χ1n) is 7.26. The van der Waals surface area contributed by atoms with E-state index in [0.29, 0.717) is 0 Å². The van der Waals surface area contributed by atoms with E-state index in [1.165, 1.54) is 38.5 Å². The van der Waals surface area contributed by atoms with Gasteiger partial charge in [-0.3, -0.25) is 16.3 Å². The fourth-order valence-electron chi connectivity index (χ4n) is 2.21. The molecule has 1 heterocycles. The third-order valence-electron chi connectivity index (χ3n) is 3.42. The highest BCUT2D eigenvalue weighted by Gasteiger charge is 2.10. The molecule has 0 aliphatic rings. The number of hydrogen-bond donors (Lipinski definition) is 2. The van der Waals surface area contributed by atoms with Crippen LogP contribution in [0.15, 0.2) is 18.5 Å². The second-order valence-corrected chi connectivity index (χ2v) is 4.93. The Balaban J connectivity index is 2.35. The predicted molar refractivity (Wildman–Crippen MR) is 78.8 cm³/mol. The molecule has 0 aliphatic carbocycles. The Morgan fingerprint density at radius 3 is 2.63 bits per heavy atom. The smallest absolute Gasteiger partial charge is 0.137 e. The van der Waals surface area contributed by atoms with E-state index >= 15 is 0 Å². The molecule has 4 nitrogen and oxygen atoms in total. The van der Waals surface area contributed by atoms with Gasteiger partial charge in [-0.25, -0.2) is 0 Å². The van der Waals surface area contributed by atoms with Gasteiger partial charge in [-0.2, -0.15) is 0 Å². The fourth-order valence-corrected chi connectivity index (χ4v) is 2.21. The lowest BCUT2D eigenvalue weighted by Gasteiger charge is -2.16. The van der Waals surface area contributed by atoms with Gasteiger partial charge in [0.25, 0.3) is 0 Å². The van der Waals surface area contributed by atoms with E-state index in [-0.39, 0.29) is 6.04 Å². The first-order valence-corrected chi connectivity index (χ1v) is 7.26. The van der Waals surface area contributed by atoms with Crippen molar-refractivity contribution < 1.29 is 4.74 Å². The van der Waals surface area contributed by atoms with Crippen molar-refractivity contribution in [3.05, 3.63) is 24.0 Å². The van der Waals surface area contributed by atoms with Gasteiger partial charge in [0.15, 0.2) is 0 Å². The number of nitrogens with two attached hydrogens (primary N) is 1. The predicted octanol–water partition coefficient (Wildman–Crippen LogP) is 3.35. The van der Waals surface area contributed by atoms with Crippen molar-refractivity contribution in [1.82, 2.24) is 10.4 Å². The minimum atomic E-state index is 0.161. The third-order valence-corrected chi connectivity index (χ3v) is 3.42. The monoisotopic (exact) mass is 265 g/mol. The first-order chi connectivity index (χ1) is 9.31. The molecule has 108 valence electrons. The molecule has 0 fully saturated rings. The number of nitrogens with zero attached hydrogens (tertiary/aromatic N) is 1. The van der Waals surface area contributed by atoms with Crippen LogP contribution in [0, 0.1) is 0 Å². The van der Waals surface area contributed by atoms with Gasteiger partial charge in [-0.15, -0.1) is 0 Å². The number of methoxy groups -OCH3 is 1. The summed E-state index contributed by atoms with van der Waals surface area (Å²) in [6, 6.07) is 2.16. The summed E-state index contributed by atoms with van der Waals surface area (Å²) in [4.78, 5) is 4.17. The van der Waals surface area contributed by atoms with Crippen molar-refractivity contribution in [3.63, 3.8) is 0 Å². The molecular formula is C15H27N3O. The summed E-state index contributed by atoms with van der Waals surface area (Å²) in [6.07, 6.45) is 12.4. The fraction of sp³-hybridized carbons (Fsp3) is 0.667. The summed E-state index contributed by atoms with van der Waals surface area (Å²) in [5.74, 6) is 6.42. The topological polar surface area (TPSA) is 60.2 Å². The quantitative estimate of drug-likeness (QED) is 0.387. The van der Waals surface area contributed by atoms with E-state index in [1.807, 2.05) is 12.3 Å². The van der Waals surface area contributed by atoms with Crippen LogP contribution in [0.5, 0.6) is 5.75 Å². The van der Waals surface area contributed by atoms with Gasteiger partial charge in [0.05, 0.1) is 13.3 Å². The SMILES string of the molecule is CCCCCCCCC(NN)c1cncc(OC)c1. The zero-order chi connectivity index (χ0) is 13.9. The lowest BCUT2D eigenvalue weighted by molar-refractivity contribution is 0.409. The molecule has 4 heteroatoms. The van der Waals surface area contributed by atoms with Crippen molar-refractivity contribution >= 4 is 0 Å². The molecule has 3 N–H and O–H groups in total. The molecule has 0 saturated heterocycles. The number of pyridine rings is 1. The van der Waals surface area contributed by atoms with Gasteiger partial charge in [0.2, 0.25) is 0 Å². The molecule has 19 heavy (non-hydrogen) atoms. The van der Waals surface area contributed by atoms with E-state index in [2.05, 4.69) is 17.3 Å². The van der Waals surface area contributed by atoms with Crippen molar-refractivity contribution in [3.8, 4) is 5.75 Å². The lowest BCUT2D eigenvalue weighted by atomic mass is 10.0. The average molecular weight is 265 g/mol. The standard InChI is InChI=1S/C15H27N3O/c1-3-4-5-6-7-8-9-15(18-16)13-10-14(19-2)12-17-11-13/h10-12,15,18H,3-9,16H2,1-2H3. The molecule has 0 amide bonds. The Hall–Kier alpha value is -1.13. The van der Waals surface area contributed by atoms with Crippen LogP contribution in [0.2, 0.25) is 0 Å². The Labute approximate surface area is 116 Å². The average Bonchev–Trinajstić information content (AvgIpc) is 2.46. The summed E-state index contributed by atoms with van der Waals surface area (Å²) in [5.41, 5.74) is 3.97. The van der Waals surface area contributed by atoms with Crippen LogP contribution in [0.25, 0.3) is 0 Å². The number of aromatic nitrogens is 1. The zero-order valence-electron chi connectivity index (χ0n) is 12.2. The van der Waals surface area contributed by atoms with E-state index in [4.69, 9.17) is 10.6 Å². The summed E-state index contributed by atoms with van der Waals surface area (Å²) in [6.45, 7) is 2.24. The molecule has 0 bridgehead atoms. The van der Waals surface area contributed by atoms with Gasteiger partial charge in [0.1, 0.15) is 5.75 Å². The number of hydrazine groups is 1. The Kier molecular flexibility index (Phi) is 8.18. The van der Waals surface area contributed by atoms with Crippen LogP contribution < -0.4 is 16.0 Å². The van der Waals surface area contributed by atoms with E-state index in [9.17, 15) is 0 Å². The summed E-state index contributed by atoms with van der Waals surface area (Å²) in [7, 11) is 1.65. The minimum Gasteiger partial charge on any atom is -0.495 e. The Bertz CT molecular complexity index is 344. The Morgan fingerprint density at radius 2 is 1.95 bits per heavy atom. The number of rotatable bonds is 10. The summed E-state index contributed by atoms with van der Waals surface area (Å²) >= 11 is 0. The van der Waals surface area contributed by atoms with Crippen LogP contribution in [0.1, 0.15) is 63.5 Å². The minimum absolute atomic E-state index is 0.161.